The van der Waals surface area contributed by atoms with Gasteiger partial charge < -0.3 is 4.74 Å². The zero-order valence-corrected chi connectivity index (χ0v) is 13.4. The molecule has 1 aromatic heterocycles. The Morgan fingerprint density at radius 1 is 1.36 bits per heavy atom. The number of aromatic nitrogens is 1. The fraction of sp³-hybridized carbons (Fsp3) is 0.444. The van der Waals surface area contributed by atoms with Gasteiger partial charge in [0.25, 0.3) is 0 Å². The van der Waals surface area contributed by atoms with E-state index in [0.29, 0.717) is 12.5 Å². The Kier molecular flexibility index (Phi) is 6.84. The molecule has 4 nitrogen and oxygen atoms in total. The molecule has 0 saturated carbocycles. The first-order valence-electron chi connectivity index (χ1n) is 7.95. The van der Waals surface area contributed by atoms with Gasteiger partial charge in [-0.3, -0.25) is 9.88 Å². The molecule has 0 atom stereocenters. The molecule has 2 heterocycles. The van der Waals surface area contributed by atoms with E-state index in [4.69, 9.17) is 4.74 Å². The lowest BCUT2D eigenvalue weighted by Crippen LogP contribution is -2.32. The van der Waals surface area contributed by atoms with Gasteiger partial charge in [0.2, 0.25) is 5.88 Å². The molecule has 1 saturated heterocycles. The van der Waals surface area contributed by atoms with Crippen molar-refractivity contribution < 1.29 is 4.74 Å². The first-order valence-corrected chi connectivity index (χ1v) is 7.95. The Labute approximate surface area is 133 Å². The van der Waals surface area contributed by atoms with E-state index in [9.17, 15) is 0 Å². The Morgan fingerprint density at radius 3 is 2.86 bits per heavy atom. The van der Waals surface area contributed by atoms with Crippen LogP contribution in [0.15, 0.2) is 47.9 Å². The number of piperidine rings is 1. The van der Waals surface area contributed by atoms with Gasteiger partial charge in [0, 0.05) is 24.5 Å². The molecule has 2 rings (SSSR count). The zero-order valence-electron chi connectivity index (χ0n) is 13.4. The van der Waals surface area contributed by atoms with Crippen LogP contribution in [0.4, 0.5) is 0 Å². The fourth-order valence-electron chi connectivity index (χ4n) is 2.48. The predicted octanol–water partition coefficient (Wildman–Crippen LogP) is 3.53. The maximum Gasteiger partial charge on any atom is 0.205 e. The summed E-state index contributed by atoms with van der Waals surface area (Å²) in [6.07, 6.45) is 9.46. The molecule has 0 aromatic carbocycles. The van der Waals surface area contributed by atoms with Crippen molar-refractivity contribution in [3.8, 4) is 0 Å². The molecule has 1 aliphatic rings. The van der Waals surface area contributed by atoms with Gasteiger partial charge in [0.1, 0.15) is 6.61 Å². The van der Waals surface area contributed by atoms with E-state index in [1.807, 2.05) is 31.2 Å². The third kappa shape index (κ3) is 5.45. The van der Waals surface area contributed by atoms with Crippen LogP contribution in [0.25, 0.3) is 5.57 Å². The molecule has 0 aliphatic carbocycles. The Morgan fingerprint density at radius 2 is 2.18 bits per heavy atom. The van der Waals surface area contributed by atoms with Gasteiger partial charge in [0.15, 0.2) is 0 Å². The Balaban J connectivity index is 1.75. The van der Waals surface area contributed by atoms with Crippen molar-refractivity contribution in [2.75, 3.05) is 26.2 Å². The second-order valence-electron chi connectivity index (χ2n) is 5.36. The first-order chi connectivity index (χ1) is 10.8. The number of allylic oxidation sites excluding steroid dienone is 2. The lowest BCUT2D eigenvalue weighted by atomic mass is 10.1. The number of rotatable bonds is 7. The highest BCUT2D eigenvalue weighted by atomic mass is 16.5. The van der Waals surface area contributed by atoms with E-state index in [1.165, 1.54) is 32.4 Å². The van der Waals surface area contributed by atoms with Gasteiger partial charge >= 0.3 is 0 Å². The van der Waals surface area contributed by atoms with E-state index < -0.39 is 0 Å². The molecule has 1 aliphatic heterocycles. The highest BCUT2D eigenvalue weighted by molar-refractivity contribution is 6.09. The highest BCUT2D eigenvalue weighted by Gasteiger charge is 2.09. The normalized spacial score (nSPS) is 16.9. The lowest BCUT2D eigenvalue weighted by molar-refractivity contribution is 0.143. The van der Waals surface area contributed by atoms with Gasteiger partial charge in [-0.15, -0.1) is 0 Å². The van der Waals surface area contributed by atoms with Crippen LogP contribution < -0.4 is 0 Å². The van der Waals surface area contributed by atoms with Crippen LogP contribution in [0.3, 0.4) is 0 Å². The summed E-state index contributed by atoms with van der Waals surface area (Å²) in [6.45, 7) is 9.78. The maximum absolute atomic E-state index is 5.59. The summed E-state index contributed by atoms with van der Waals surface area (Å²) < 4.78 is 5.59. The van der Waals surface area contributed by atoms with Crippen molar-refractivity contribution >= 4 is 11.8 Å². The summed E-state index contributed by atoms with van der Waals surface area (Å²) in [4.78, 5) is 11.0. The molecule has 0 N–H and O–H groups in total. The summed E-state index contributed by atoms with van der Waals surface area (Å²) in [7, 11) is 0. The van der Waals surface area contributed by atoms with Crippen LogP contribution in [0.2, 0.25) is 0 Å². The number of aliphatic imine (C=N–C) groups is 1. The molecule has 0 amide bonds. The summed E-state index contributed by atoms with van der Waals surface area (Å²) in [6, 6.07) is 5.82. The van der Waals surface area contributed by atoms with Crippen molar-refractivity contribution in [3.05, 3.63) is 48.6 Å². The Hall–Kier alpha value is -1.94. The largest absolute Gasteiger partial charge is 0.477 e. The second-order valence-corrected chi connectivity index (χ2v) is 5.36. The number of ether oxygens (including phenoxy) is 1. The zero-order chi connectivity index (χ0) is 15.6. The van der Waals surface area contributed by atoms with E-state index in [0.717, 1.165) is 17.8 Å². The number of nitrogens with zero attached hydrogens (tertiary/aromatic N) is 3. The number of pyridine rings is 1. The van der Waals surface area contributed by atoms with Crippen molar-refractivity contribution in [3.63, 3.8) is 0 Å². The van der Waals surface area contributed by atoms with Crippen molar-refractivity contribution in [1.29, 1.82) is 0 Å². The molecular formula is C18H25N3O. The number of hydrogen-bond acceptors (Lipinski definition) is 4. The number of hydrogen-bond donors (Lipinski definition) is 0. The minimum absolute atomic E-state index is 0.451. The summed E-state index contributed by atoms with van der Waals surface area (Å²) in [5.74, 6) is 0.451. The minimum Gasteiger partial charge on any atom is -0.477 e. The van der Waals surface area contributed by atoms with E-state index in [2.05, 4.69) is 21.5 Å². The predicted molar refractivity (Wildman–Crippen MR) is 91.8 cm³/mol. The van der Waals surface area contributed by atoms with Crippen molar-refractivity contribution in [2.24, 2.45) is 4.99 Å². The first kappa shape index (κ1) is 16.4. The molecule has 0 bridgehead atoms. The molecule has 0 unspecified atom stereocenters. The third-order valence-electron chi connectivity index (χ3n) is 3.74. The Bertz CT molecular complexity index is 516. The molecule has 22 heavy (non-hydrogen) atoms. The summed E-state index contributed by atoms with van der Waals surface area (Å²) in [5, 5.41) is 0. The molecule has 1 fully saturated rings. The second kappa shape index (κ2) is 9.15. The topological polar surface area (TPSA) is 37.7 Å². The van der Waals surface area contributed by atoms with Gasteiger partial charge in [0.05, 0.1) is 5.69 Å². The third-order valence-corrected chi connectivity index (χ3v) is 3.74. The average Bonchev–Trinajstić information content (AvgIpc) is 2.57. The highest BCUT2D eigenvalue weighted by Crippen LogP contribution is 2.10. The van der Waals surface area contributed by atoms with Crippen LogP contribution in [-0.2, 0) is 4.74 Å². The van der Waals surface area contributed by atoms with Gasteiger partial charge in [-0.2, -0.15) is 0 Å². The standard InChI is InChI=1S/C18H25N3O/c1-3-17(18-9-5-6-10-19-18)15-20-16(2)22-14-13-21-11-7-4-8-12-21/h3,5-6,9-10,15H,2,4,7-8,11-14H2,1H3/b17-3+,20-15-. The van der Waals surface area contributed by atoms with Crippen molar-refractivity contribution in [2.45, 2.75) is 26.2 Å². The quantitative estimate of drug-likeness (QED) is 0.571. The molecule has 118 valence electrons. The van der Waals surface area contributed by atoms with Gasteiger partial charge in [-0.25, -0.2) is 4.99 Å². The van der Waals surface area contributed by atoms with Crippen LogP contribution >= 0.6 is 0 Å². The van der Waals surface area contributed by atoms with Gasteiger partial charge in [-0.1, -0.05) is 18.6 Å². The van der Waals surface area contributed by atoms with Crippen LogP contribution in [0, 0.1) is 0 Å². The van der Waals surface area contributed by atoms with Crippen LogP contribution in [-0.4, -0.2) is 42.3 Å². The lowest BCUT2D eigenvalue weighted by Gasteiger charge is -2.26. The van der Waals surface area contributed by atoms with E-state index in [-0.39, 0.29) is 0 Å². The molecule has 0 radical (unpaired) electrons. The molecule has 1 aromatic rings. The fourth-order valence-corrected chi connectivity index (χ4v) is 2.48. The molecular weight excluding hydrogens is 274 g/mol. The summed E-state index contributed by atoms with van der Waals surface area (Å²) >= 11 is 0. The SMILES string of the molecule is C=C(/N=C\C(=C/C)c1ccccn1)OCCN1CCCCC1. The van der Waals surface area contributed by atoms with Crippen molar-refractivity contribution in [1.82, 2.24) is 9.88 Å². The average molecular weight is 299 g/mol. The monoisotopic (exact) mass is 299 g/mol. The summed E-state index contributed by atoms with van der Waals surface area (Å²) in [5.41, 5.74) is 1.86. The van der Waals surface area contributed by atoms with E-state index >= 15 is 0 Å². The number of likely N-dealkylation sites (tertiary alicyclic amines) is 1. The smallest absolute Gasteiger partial charge is 0.205 e. The minimum atomic E-state index is 0.451. The van der Waals surface area contributed by atoms with Gasteiger partial charge in [-0.05, 0) is 51.6 Å². The van der Waals surface area contributed by atoms with E-state index in [1.54, 1.807) is 12.4 Å². The molecule has 4 heteroatoms. The van der Waals surface area contributed by atoms with Crippen LogP contribution in [0.1, 0.15) is 31.9 Å². The van der Waals surface area contributed by atoms with Crippen LogP contribution in [0.5, 0.6) is 0 Å². The maximum atomic E-state index is 5.59. The molecule has 0 spiro atoms.